The van der Waals surface area contributed by atoms with Crippen molar-refractivity contribution in [1.82, 2.24) is 9.88 Å². The molecule has 1 aromatic carbocycles. The number of likely N-dealkylation sites (N-methyl/N-ethyl adjacent to an activating group) is 1. The molecular formula is C15H16F3N3O3. The van der Waals surface area contributed by atoms with Crippen molar-refractivity contribution in [3.05, 3.63) is 24.1 Å². The molecule has 1 aliphatic rings. The largest absolute Gasteiger partial charge is 0.440 e. The fourth-order valence-electron chi connectivity index (χ4n) is 2.19. The Labute approximate surface area is 135 Å². The summed E-state index contributed by atoms with van der Waals surface area (Å²) < 4.78 is 42.6. The van der Waals surface area contributed by atoms with Gasteiger partial charge in [-0.05, 0) is 25.0 Å². The Morgan fingerprint density at radius 3 is 2.83 bits per heavy atom. The molecule has 0 radical (unpaired) electrons. The lowest BCUT2D eigenvalue weighted by atomic mass is 10.3. The molecule has 3 rings (SSSR count). The fourth-order valence-corrected chi connectivity index (χ4v) is 2.19. The zero-order chi connectivity index (χ0) is 17.5. The number of urea groups is 1. The molecule has 1 fully saturated rings. The van der Waals surface area contributed by atoms with Gasteiger partial charge in [0.15, 0.2) is 17.6 Å². The van der Waals surface area contributed by atoms with Gasteiger partial charge in [0.2, 0.25) is 0 Å². The van der Waals surface area contributed by atoms with Crippen LogP contribution in [0.3, 0.4) is 0 Å². The van der Waals surface area contributed by atoms with Gasteiger partial charge in [0, 0.05) is 24.7 Å². The molecule has 9 heteroatoms. The number of hydrogen-bond donors (Lipinski definition) is 2. The monoisotopic (exact) mass is 343 g/mol. The van der Waals surface area contributed by atoms with E-state index in [1.54, 1.807) is 18.2 Å². The number of anilines is 1. The quantitative estimate of drug-likeness (QED) is 0.894. The summed E-state index contributed by atoms with van der Waals surface area (Å²) in [6.07, 6.45) is -5.27. The van der Waals surface area contributed by atoms with E-state index >= 15 is 0 Å². The molecule has 24 heavy (non-hydrogen) atoms. The summed E-state index contributed by atoms with van der Waals surface area (Å²) in [6, 6.07) is 4.07. The second-order valence-corrected chi connectivity index (χ2v) is 5.88. The predicted molar refractivity (Wildman–Crippen MR) is 79.7 cm³/mol. The zero-order valence-corrected chi connectivity index (χ0v) is 12.8. The van der Waals surface area contributed by atoms with Gasteiger partial charge in [-0.1, -0.05) is 0 Å². The van der Waals surface area contributed by atoms with Crippen LogP contribution in [0.4, 0.5) is 23.7 Å². The number of fused-ring (bicyclic) bond motifs is 1. The number of aromatic nitrogens is 1. The minimum absolute atomic E-state index is 0.352. The Morgan fingerprint density at radius 2 is 2.21 bits per heavy atom. The van der Waals surface area contributed by atoms with Crippen molar-refractivity contribution in [2.45, 2.75) is 31.0 Å². The highest BCUT2D eigenvalue weighted by Gasteiger charge is 2.39. The van der Waals surface area contributed by atoms with Gasteiger partial charge in [-0.3, -0.25) is 0 Å². The molecular weight excluding hydrogens is 327 g/mol. The van der Waals surface area contributed by atoms with Crippen LogP contribution < -0.4 is 5.32 Å². The molecule has 0 saturated heterocycles. The highest BCUT2D eigenvalue weighted by molar-refractivity contribution is 5.91. The average Bonchev–Trinajstić information content (AvgIpc) is 3.26. The first-order valence-corrected chi connectivity index (χ1v) is 7.41. The second kappa shape index (κ2) is 5.97. The molecule has 1 unspecified atom stereocenters. The van der Waals surface area contributed by atoms with E-state index < -0.39 is 24.9 Å². The van der Waals surface area contributed by atoms with E-state index in [1.165, 1.54) is 7.05 Å². The maximum atomic E-state index is 12.3. The highest BCUT2D eigenvalue weighted by Crippen LogP contribution is 2.40. The van der Waals surface area contributed by atoms with Crippen molar-refractivity contribution in [3.8, 4) is 0 Å². The van der Waals surface area contributed by atoms with Crippen molar-refractivity contribution in [2.24, 2.45) is 0 Å². The third-order valence-electron chi connectivity index (χ3n) is 3.75. The number of halogens is 3. The van der Waals surface area contributed by atoms with Gasteiger partial charge >= 0.3 is 12.2 Å². The molecule has 1 heterocycles. The van der Waals surface area contributed by atoms with E-state index in [1.807, 2.05) is 0 Å². The maximum absolute atomic E-state index is 12.3. The number of aliphatic hydroxyl groups is 1. The first-order valence-electron chi connectivity index (χ1n) is 7.41. The van der Waals surface area contributed by atoms with Crippen molar-refractivity contribution in [1.29, 1.82) is 0 Å². The van der Waals surface area contributed by atoms with Crippen LogP contribution in [0.5, 0.6) is 0 Å². The normalized spacial score (nSPS) is 16.2. The summed E-state index contributed by atoms with van der Waals surface area (Å²) in [6.45, 7) is -0.855. The molecule has 0 aliphatic heterocycles. The van der Waals surface area contributed by atoms with Crippen molar-refractivity contribution in [2.75, 3.05) is 18.9 Å². The van der Waals surface area contributed by atoms with Gasteiger partial charge in [-0.25, -0.2) is 9.78 Å². The van der Waals surface area contributed by atoms with E-state index in [2.05, 4.69) is 10.3 Å². The standard InChI is InChI=1S/C15H16F3N3O3/c1-21(7-12(22)15(16,17)18)14(23)19-9-4-5-10-11(6-9)24-13(20-10)8-2-3-8/h4-6,8,12,22H,2-3,7H2,1H3,(H,19,23). The molecule has 0 bridgehead atoms. The average molecular weight is 343 g/mol. The van der Waals surface area contributed by atoms with Crippen LogP contribution in [0.2, 0.25) is 0 Å². The topological polar surface area (TPSA) is 78.6 Å². The number of rotatable bonds is 4. The number of benzene rings is 1. The number of hydrogen-bond acceptors (Lipinski definition) is 4. The summed E-state index contributed by atoms with van der Waals surface area (Å²) in [5.41, 5.74) is 1.54. The lowest BCUT2D eigenvalue weighted by Crippen LogP contribution is -2.43. The van der Waals surface area contributed by atoms with Gasteiger partial charge in [-0.15, -0.1) is 0 Å². The van der Waals surface area contributed by atoms with Gasteiger partial charge in [0.05, 0.1) is 6.54 Å². The Balaban J connectivity index is 1.66. The lowest BCUT2D eigenvalue weighted by molar-refractivity contribution is -0.205. The Bertz CT molecular complexity index is 755. The van der Waals surface area contributed by atoms with E-state index in [9.17, 15) is 18.0 Å². The van der Waals surface area contributed by atoms with Crippen LogP contribution in [0.25, 0.3) is 11.1 Å². The maximum Gasteiger partial charge on any atom is 0.416 e. The number of carbonyl (C=O) groups excluding carboxylic acids is 1. The minimum Gasteiger partial charge on any atom is -0.440 e. The summed E-state index contributed by atoms with van der Waals surface area (Å²) in [7, 11) is 1.17. The van der Waals surface area contributed by atoms with Gasteiger partial charge in [0.1, 0.15) is 5.52 Å². The summed E-state index contributed by atoms with van der Waals surface area (Å²) >= 11 is 0. The SMILES string of the molecule is CN(CC(O)C(F)(F)F)C(=O)Nc1ccc2nc(C3CC3)oc2c1. The van der Waals surface area contributed by atoms with E-state index in [4.69, 9.17) is 9.52 Å². The summed E-state index contributed by atoms with van der Waals surface area (Å²) in [4.78, 5) is 17.0. The van der Waals surface area contributed by atoms with Crippen LogP contribution in [0, 0.1) is 0 Å². The lowest BCUT2D eigenvalue weighted by Gasteiger charge is -2.22. The first-order chi connectivity index (χ1) is 11.2. The van der Waals surface area contributed by atoms with E-state index in [-0.39, 0.29) is 0 Å². The Morgan fingerprint density at radius 1 is 1.50 bits per heavy atom. The number of alkyl halides is 3. The molecule has 2 N–H and O–H groups in total. The molecule has 1 saturated carbocycles. The van der Waals surface area contributed by atoms with Crippen molar-refractivity contribution < 1.29 is 27.5 Å². The van der Waals surface area contributed by atoms with Crippen LogP contribution in [0.15, 0.2) is 22.6 Å². The third-order valence-corrected chi connectivity index (χ3v) is 3.75. The molecule has 1 aromatic heterocycles. The van der Waals surface area contributed by atoms with Crippen molar-refractivity contribution >= 4 is 22.8 Å². The summed E-state index contributed by atoms with van der Waals surface area (Å²) in [5, 5.41) is 11.5. The van der Waals surface area contributed by atoms with Crippen LogP contribution >= 0.6 is 0 Å². The van der Waals surface area contributed by atoms with E-state index in [0.717, 1.165) is 17.7 Å². The molecule has 1 atom stereocenters. The molecule has 0 spiro atoms. The van der Waals surface area contributed by atoms with Gasteiger partial charge in [-0.2, -0.15) is 13.2 Å². The van der Waals surface area contributed by atoms with E-state index in [0.29, 0.717) is 28.6 Å². The van der Waals surface area contributed by atoms with Crippen LogP contribution in [-0.2, 0) is 0 Å². The number of oxazole rings is 1. The minimum atomic E-state index is -4.77. The second-order valence-electron chi connectivity index (χ2n) is 5.88. The van der Waals surface area contributed by atoms with Gasteiger partial charge in [0.25, 0.3) is 0 Å². The predicted octanol–water partition coefficient (Wildman–Crippen LogP) is 3.09. The van der Waals surface area contributed by atoms with Crippen LogP contribution in [0.1, 0.15) is 24.7 Å². The van der Waals surface area contributed by atoms with Crippen LogP contribution in [-0.4, -0.2) is 46.9 Å². The smallest absolute Gasteiger partial charge is 0.416 e. The fraction of sp³-hybridized carbons (Fsp3) is 0.467. The summed E-state index contributed by atoms with van der Waals surface area (Å²) in [5.74, 6) is 1.02. The number of amides is 2. The Hall–Kier alpha value is -2.29. The molecule has 1 aliphatic carbocycles. The highest BCUT2D eigenvalue weighted by atomic mass is 19.4. The molecule has 6 nitrogen and oxygen atoms in total. The third kappa shape index (κ3) is 3.61. The molecule has 2 aromatic rings. The first kappa shape index (κ1) is 16.6. The molecule has 2 amide bonds. The number of carbonyl (C=O) groups is 1. The zero-order valence-electron chi connectivity index (χ0n) is 12.8. The number of nitrogens with one attached hydrogen (secondary N) is 1. The number of aliphatic hydroxyl groups excluding tert-OH is 1. The van der Waals surface area contributed by atoms with Crippen molar-refractivity contribution in [3.63, 3.8) is 0 Å². The molecule has 130 valence electrons. The Kier molecular flexibility index (Phi) is 4.12. The number of nitrogens with zero attached hydrogens (tertiary/aromatic N) is 2. The van der Waals surface area contributed by atoms with Gasteiger partial charge < -0.3 is 19.7 Å².